The lowest BCUT2D eigenvalue weighted by Gasteiger charge is -2.22. The SMILES string of the molecule is CCCN(Cc1c(CC)nn(-c2ccc(OC)cc2)c1Oc1ccc(F)cc1F)C(=O)c1ccco1. The third-order valence-corrected chi connectivity index (χ3v) is 5.63. The van der Waals surface area contributed by atoms with Crippen LogP contribution in [0.5, 0.6) is 17.4 Å². The molecule has 0 atom stereocenters. The molecule has 0 aliphatic rings. The van der Waals surface area contributed by atoms with Crippen molar-refractivity contribution in [3.63, 3.8) is 0 Å². The highest BCUT2D eigenvalue weighted by Crippen LogP contribution is 2.34. The number of amides is 1. The molecular formula is C27H27F2N3O4. The lowest BCUT2D eigenvalue weighted by molar-refractivity contribution is 0.0709. The van der Waals surface area contributed by atoms with Gasteiger partial charge in [-0.1, -0.05) is 13.8 Å². The van der Waals surface area contributed by atoms with Crippen molar-refractivity contribution < 1.29 is 27.5 Å². The van der Waals surface area contributed by atoms with Crippen molar-refractivity contribution in [1.29, 1.82) is 0 Å². The largest absolute Gasteiger partial charge is 0.497 e. The Kier molecular flexibility index (Phi) is 7.68. The summed E-state index contributed by atoms with van der Waals surface area (Å²) >= 11 is 0. The van der Waals surface area contributed by atoms with Crippen LogP contribution in [0, 0.1) is 11.6 Å². The topological polar surface area (TPSA) is 69.7 Å². The molecule has 2 aromatic heterocycles. The standard InChI is InChI=1S/C27H27F2N3O4/c1-4-14-31(26(33)25-7-6-15-35-25)17-21-23(5-2)30-32(19-9-11-20(34-3)12-10-19)27(21)36-24-13-8-18(28)16-22(24)29/h6-13,15-16H,4-5,14,17H2,1-3H3. The Balaban J connectivity index is 1.82. The van der Waals surface area contributed by atoms with Crippen LogP contribution in [0.3, 0.4) is 0 Å². The summed E-state index contributed by atoms with van der Waals surface area (Å²) in [5.74, 6) is -0.886. The number of carbonyl (C=O) groups is 1. The first-order valence-corrected chi connectivity index (χ1v) is 11.7. The molecule has 0 spiro atoms. The van der Waals surface area contributed by atoms with E-state index in [1.807, 2.05) is 13.8 Å². The summed E-state index contributed by atoms with van der Waals surface area (Å²) in [6.07, 6.45) is 2.70. The van der Waals surface area contributed by atoms with E-state index in [4.69, 9.17) is 19.0 Å². The minimum atomic E-state index is -0.849. The highest BCUT2D eigenvalue weighted by Gasteiger charge is 2.26. The number of aryl methyl sites for hydroxylation is 1. The number of carbonyl (C=O) groups excluding carboxylic acids is 1. The minimum absolute atomic E-state index is 0.158. The summed E-state index contributed by atoms with van der Waals surface area (Å²) < 4.78 is 46.3. The van der Waals surface area contributed by atoms with Crippen molar-refractivity contribution >= 4 is 5.91 Å². The van der Waals surface area contributed by atoms with Crippen molar-refractivity contribution in [2.45, 2.75) is 33.2 Å². The normalized spacial score (nSPS) is 10.9. The molecule has 4 aromatic rings. The van der Waals surface area contributed by atoms with Crippen molar-refractivity contribution in [2.75, 3.05) is 13.7 Å². The molecule has 0 saturated carbocycles. The number of ether oxygens (including phenoxy) is 2. The summed E-state index contributed by atoms with van der Waals surface area (Å²) in [6, 6.07) is 13.5. The Labute approximate surface area is 207 Å². The number of aromatic nitrogens is 2. The van der Waals surface area contributed by atoms with Gasteiger partial charge in [0.1, 0.15) is 11.6 Å². The molecule has 36 heavy (non-hydrogen) atoms. The number of nitrogens with zero attached hydrogens (tertiary/aromatic N) is 3. The van der Waals surface area contributed by atoms with E-state index in [1.165, 1.54) is 12.3 Å². The first-order chi connectivity index (χ1) is 17.4. The molecule has 2 aromatic carbocycles. The van der Waals surface area contributed by atoms with Gasteiger partial charge in [-0.15, -0.1) is 0 Å². The lowest BCUT2D eigenvalue weighted by Crippen LogP contribution is -2.31. The van der Waals surface area contributed by atoms with Gasteiger partial charge in [0.25, 0.3) is 5.91 Å². The van der Waals surface area contributed by atoms with Crippen LogP contribution in [0.15, 0.2) is 65.3 Å². The van der Waals surface area contributed by atoms with Gasteiger partial charge in [-0.2, -0.15) is 5.10 Å². The first-order valence-electron chi connectivity index (χ1n) is 11.7. The molecule has 0 radical (unpaired) electrons. The van der Waals surface area contributed by atoms with Gasteiger partial charge in [-0.25, -0.2) is 13.5 Å². The number of furan rings is 1. The van der Waals surface area contributed by atoms with Crippen molar-refractivity contribution in [2.24, 2.45) is 0 Å². The fraction of sp³-hybridized carbons (Fsp3) is 0.259. The summed E-state index contributed by atoms with van der Waals surface area (Å²) in [4.78, 5) is 14.8. The first kappa shape index (κ1) is 25.0. The number of benzene rings is 2. The molecular weight excluding hydrogens is 468 g/mol. The summed E-state index contributed by atoms with van der Waals surface area (Å²) in [5, 5.41) is 4.73. The molecule has 1 amide bonds. The van der Waals surface area contributed by atoms with Crippen molar-refractivity contribution in [3.8, 4) is 23.1 Å². The third-order valence-electron chi connectivity index (χ3n) is 5.63. The quantitative estimate of drug-likeness (QED) is 0.264. The van der Waals surface area contributed by atoms with Crippen LogP contribution >= 0.6 is 0 Å². The Morgan fingerprint density at radius 2 is 1.89 bits per heavy atom. The molecule has 2 heterocycles. The zero-order chi connectivity index (χ0) is 25.7. The van der Waals surface area contributed by atoms with Crippen LogP contribution in [-0.4, -0.2) is 34.2 Å². The van der Waals surface area contributed by atoms with E-state index in [9.17, 15) is 13.6 Å². The van der Waals surface area contributed by atoms with Gasteiger partial charge in [0.05, 0.1) is 36.9 Å². The maximum atomic E-state index is 14.6. The summed E-state index contributed by atoms with van der Waals surface area (Å²) in [7, 11) is 1.57. The van der Waals surface area contributed by atoms with E-state index in [0.717, 1.165) is 12.1 Å². The highest BCUT2D eigenvalue weighted by atomic mass is 19.1. The van der Waals surface area contributed by atoms with E-state index in [1.54, 1.807) is 53.1 Å². The van der Waals surface area contributed by atoms with Crippen molar-refractivity contribution in [1.82, 2.24) is 14.7 Å². The molecule has 0 N–H and O–H groups in total. The summed E-state index contributed by atoms with van der Waals surface area (Å²) in [5.41, 5.74) is 1.94. The van der Waals surface area contributed by atoms with Gasteiger partial charge >= 0.3 is 0 Å². The number of hydrogen-bond acceptors (Lipinski definition) is 5. The minimum Gasteiger partial charge on any atom is -0.497 e. The second kappa shape index (κ2) is 11.1. The highest BCUT2D eigenvalue weighted by molar-refractivity contribution is 5.91. The zero-order valence-corrected chi connectivity index (χ0v) is 20.3. The molecule has 0 aliphatic heterocycles. The second-order valence-corrected chi connectivity index (χ2v) is 8.07. The second-order valence-electron chi connectivity index (χ2n) is 8.07. The summed E-state index contributed by atoms with van der Waals surface area (Å²) in [6.45, 7) is 4.52. The predicted octanol–water partition coefficient (Wildman–Crippen LogP) is 6.16. The van der Waals surface area contributed by atoms with E-state index in [0.29, 0.717) is 42.1 Å². The van der Waals surface area contributed by atoms with Crippen LogP contribution in [-0.2, 0) is 13.0 Å². The van der Waals surface area contributed by atoms with Gasteiger partial charge in [0.15, 0.2) is 17.3 Å². The Morgan fingerprint density at radius 3 is 2.50 bits per heavy atom. The maximum absolute atomic E-state index is 14.6. The van der Waals surface area contributed by atoms with E-state index in [-0.39, 0.29) is 29.8 Å². The molecule has 0 bridgehead atoms. The van der Waals surface area contributed by atoms with Crippen LogP contribution < -0.4 is 9.47 Å². The molecule has 9 heteroatoms. The smallest absolute Gasteiger partial charge is 0.289 e. The molecule has 0 unspecified atom stereocenters. The molecule has 0 aliphatic carbocycles. The molecule has 7 nitrogen and oxygen atoms in total. The fourth-order valence-electron chi connectivity index (χ4n) is 3.86. The number of halogens is 2. The molecule has 0 saturated heterocycles. The zero-order valence-electron chi connectivity index (χ0n) is 20.3. The van der Waals surface area contributed by atoms with Crippen LogP contribution in [0.4, 0.5) is 8.78 Å². The molecule has 0 fully saturated rings. The maximum Gasteiger partial charge on any atom is 0.289 e. The Morgan fingerprint density at radius 1 is 1.11 bits per heavy atom. The van der Waals surface area contributed by atoms with Gasteiger partial charge in [0, 0.05) is 12.6 Å². The number of hydrogen-bond donors (Lipinski definition) is 0. The average Bonchev–Trinajstić information content (AvgIpc) is 3.54. The van der Waals surface area contributed by atoms with Crippen LogP contribution in [0.1, 0.15) is 42.1 Å². The molecule has 188 valence electrons. The van der Waals surface area contributed by atoms with Gasteiger partial charge in [0.2, 0.25) is 5.88 Å². The van der Waals surface area contributed by atoms with E-state index in [2.05, 4.69) is 0 Å². The van der Waals surface area contributed by atoms with E-state index < -0.39 is 11.6 Å². The lowest BCUT2D eigenvalue weighted by atomic mass is 10.1. The predicted molar refractivity (Wildman–Crippen MR) is 130 cm³/mol. The van der Waals surface area contributed by atoms with Gasteiger partial charge < -0.3 is 18.8 Å². The Bertz CT molecular complexity index is 1320. The number of methoxy groups -OCH3 is 1. The van der Waals surface area contributed by atoms with Gasteiger partial charge in [-0.05, 0) is 61.4 Å². The Hall–Kier alpha value is -4.14. The third kappa shape index (κ3) is 5.25. The van der Waals surface area contributed by atoms with Crippen LogP contribution in [0.2, 0.25) is 0 Å². The van der Waals surface area contributed by atoms with Gasteiger partial charge in [-0.3, -0.25) is 4.79 Å². The average molecular weight is 496 g/mol. The van der Waals surface area contributed by atoms with E-state index >= 15 is 0 Å². The fourth-order valence-corrected chi connectivity index (χ4v) is 3.86. The monoisotopic (exact) mass is 495 g/mol. The number of rotatable bonds is 10. The molecule has 4 rings (SSSR count). The van der Waals surface area contributed by atoms with Crippen molar-refractivity contribution in [3.05, 3.63) is 89.5 Å². The van der Waals surface area contributed by atoms with Crippen LogP contribution in [0.25, 0.3) is 5.69 Å².